The Balaban J connectivity index is 1.81. The Kier molecular flexibility index (Phi) is 2.99. The van der Waals surface area contributed by atoms with Gasteiger partial charge >= 0.3 is 0 Å². The second-order valence-corrected chi connectivity index (χ2v) is 4.18. The molecule has 0 saturated heterocycles. The summed E-state index contributed by atoms with van der Waals surface area (Å²) in [6.07, 6.45) is 5.41. The van der Waals surface area contributed by atoms with Gasteiger partial charge < -0.3 is 5.32 Å². The summed E-state index contributed by atoms with van der Waals surface area (Å²) in [5.74, 6) is 0.851. The maximum Gasteiger partial charge on any atom is 0.252 e. The van der Waals surface area contributed by atoms with Crippen LogP contribution < -0.4 is 5.32 Å². The summed E-state index contributed by atoms with van der Waals surface area (Å²) < 4.78 is 0. The number of hydrogen-bond acceptors (Lipinski definition) is 2. The summed E-state index contributed by atoms with van der Waals surface area (Å²) in [5, 5.41) is 2.91. The monoisotopic (exact) mass is 204 g/mol. The fourth-order valence-corrected chi connectivity index (χ4v) is 1.50. The molecule has 1 amide bonds. The zero-order valence-electron chi connectivity index (χ0n) is 8.99. The van der Waals surface area contributed by atoms with E-state index in [1.165, 1.54) is 12.8 Å². The molecule has 2 rings (SSSR count). The maximum absolute atomic E-state index is 11.6. The molecule has 1 N–H and O–H groups in total. The number of pyridine rings is 1. The highest BCUT2D eigenvalue weighted by Gasteiger charge is 2.20. The number of aryl methyl sites for hydroxylation is 1. The number of hydrogen-bond donors (Lipinski definition) is 1. The molecule has 3 nitrogen and oxygen atoms in total. The standard InChI is InChI=1S/C12H16N2O/c1-9-2-5-11(8-14-9)12(15)13-7-6-10-3-4-10/h2,5,8,10H,3-4,6-7H2,1H3,(H,13,15). The lowest BCUT2D eigenvalue weighted by atomic mass is 10.2. The molecule has 1 aliphatic carbocycles. The normalized spacial score (nSPS) is 15.0. The van der Waals surface area contributed by atoms with Crippen molar-refractivity contribution in [3.63, 3.8) is 0 Å². The van der Waals surface area contributed by atoms with Crippen molar-refractivity contribution >= 4 is 5.91 Å². The van der Waals surface area contributed by atoms with E-state index in [0.717, 1.165) is 24.6 Å². The van der Waals surface area contributed by atoms with Crippen LogP contribution in [0.5, 0.6) is 0 Å². The topological polar surface area (TPSA) is 42.0 Å². The van der Waals surface area contributed by atoms with Gasteiger partial charge in [-0.25, -0.2) is 0 Å². The van der Waals surface area contributed by atoms with E-state index in [4.69, 9.17) is 0 Å². The fraction of sp³-hybridized carbons (Fsp3) is 0.500. The van der Waals surface area contributed by atoms with Gasteiger partial charge in [-0.2, -0.15) is 0 Å². The molecule has 1 fully saturated rings. The molecular formula is C12H16N2O. The number of rotatable bonds is 4. The summed E-state index contributed by atoms with van der Waals surface area (Å²) in [5.41, 5.74) is 1.58. The van der Waals surface area contributed by atoms with Crippen molar-refractivity contribution in [3.05, 3.63) is 29.6 Å². The number of amides is 1. The Morgan fingerprint density at radius 1 is 1.53 bits per heavy atom. The average molecular weight is 204 g/mol. The Morgan fingerprint density at radius 2 is 2.33 bits per heavy atom. The van der Waals surface area contributed by atoms with Gasteiger partial charge in [0.25, 0.3) is 5.91 Å². The van der Waals surface area contributed by atoms with Gasteiger partial charge in [-0.1, -0.05) is 12.8 Å². The number of nitrogens with zero attached hydrogens (tertiary/aromatic N) is 1. The third-order valence-electron chi connectivity index (χ3n) is 2.71. The van der Waals surface area contributed by atoms with Gasteiger partial charge in [-0.15, -0.1) is 0 Å². The predicted molar refractivity (Wildman–Crippen MR) is 58.6 cm³/mol. The van der Waals surface area contributed by atoms with Crippen LogP contribution in [0.2, 0.25) is 0 Å². The molecule has 0 bridgehead atoms. The van der Waals surface area contributed by atoms with Crippen LogP contribution in [0, 0.1) is 12.8 Å². The molecule has 1 aromatic rings. The van der Waals surface area contributed by atoms with Crippen LogP contribution in [0.25, 0.3) is 0 Å². The van der Waals surface area contributed by atoms with E-state index in [0.29, 0.717) is 5.56 Å². The fourth-order valence-electron chi connectivity index (χ4n) is 1.50. The molecule has 1 heterocycles. The molecule has 80 valence electrons. The third-order valence-corrected chi connectivity index (χ3v) is 2.71. The van der Waals surface area contributed by atoms with Crippen LogP contribution >= 0.6 is 0 Å². The van der Waals surface area contributed by atoms with Gasteiger partial charge in [0.15, 0.2) is 0 Å². The lowest BCUT2D eigenvalue weighted by Gasteiger charge is -2.04. The molecule has 0 atom stereocenters. The van der Waals surface area contributed by atoms with E-state index in [2.05, 4.69) is 10.3 Å². The van der Waals surface area contributed by atoms with Gasteiger partial charge in [0.05, 0.1) is 5.56 Å². The summed E-state index contributed by atoms with van der Waals surface area (Å²) in [6, 6.07) is 3.67. The second-order valence-electron chi connectivity index (χ2n) is 4.18. The highest BCUT2D eigenvalue weighted by Crippen LogP contribution is 2.31. The highest BCUT2D eigenvalue weighted by molar-refractivity contribution is 5.93. The first kappa shape index (κ1) is 10.1. The minimum atomic E-state index is -0.0110. The molecule has 3 heteroatoms. The highest BCUT2D eigenvalue weighted by atomic mass is 16.1. The Labute approximate surface area is 89.9 Å². The molecule has 0 spiro atoms. The Hall–Kier alpha value is -1.38. The van der Waals surface area contributed by atoms with Crippen LogP contribution in [0.15, 0.2) is 18.3 Å². The first-order valence-electron chi connectivity index (χ1n) is 5.46. The number of carbonyl (C=O) groups excluding carboxylic acids is 1. The number of nitrogens with one attached hydrogen (secondary N) is 1. The average Bonchev–Trinajstić information content (AvgIpc) is 3.02. The summed E-state index contributed by atoms with van der Waals surface area (Å²) in [7, 11) is 0. The minimum Gasteiger partial charge on any atom is -0.352 e. The zero-order valence-corrected chi connectivity index (χ0v) is 8.99. The van der Waals surface area contributed by atoms with Gasteiger partial charge in [-0.3, -0.25) is 9.78 Å². The molecule has 0 radical (unpaired) electrons. The first-order chi connectivity index (χ1) is 7.25. The van der Waals surface area contributed by atoms with Crippen LogP contribution in [0.3, 0.4) is 0 Å². The number of carbonyl (C=O) groups is 1. The van der Waals surface area contributed by atoms with Crippen molar-refractivity contribution in [1.29, 1.82) is 0 Å². The van der Waals surface area contributed by atoms with E-state index < -0.39 is 0 Å². The lowest BCUT2D eigenvalue weighted by Crippen LogP contribution is -2.24. The van der Waals surface area contributed by atoms with E-state index in [1.54, 1.807) is 6.20 Å². The lowest BCUT2D eigenvalue weighted by molar-refractivity contribution is 0.0952. The summed E-state index contributed by atoms with van der Waals surface area (Å²) in [4.78, 5) is 15.7. The van der Waals surface area contributed by atoms with Crippen molar-refractivity contribution in [3.8, 4) is 0 Å². The van der Waals surface area contributed by atoms with Gasteiger partial charge in [-0.05, 0) is 31.4 Å². The van der Waals surface area contributed by atoms with Gasteiger partial charge in [0.1, 0.15) is 0 Å². The van der Waals surface area contributed by atoms with Crippen molar-refractivity contribution in [2.24, 2.45) is 5.92 Å². The first-order valence-corrected chi connectivity index (χ1v) is 5.46. The SMILES string of the molecule is Cc1ccc(C(=O)NCCC2CC2)cn1. The quantitative estimate of drug-likeness (QED) is 0.814. The van der Waals surface area contributed by atoms with Crippen LogP contribution in [0.4, 0.5) is 0 Å². The zero-order chi connectivity index (χ0) is 10.7. The maximum atomic E-state index is 11.6. The third kappa shape index (κ3) is 3.05. The molecule has 0 aliphatic heterocycles. The van der Waals surface area contributed by atoms with Crippen molar-refractivity contribution in [2.75, 3.05) is 6.54 Å². The molecule has 0 aromatic carbocycles. The smallest absolute Gasteiger partial charge is 0.252 e. The number of aromatic nitrogens is 1. The Morgan fingerprint density at radius 3 is 2.93 bits per heavy atom. The molecule has 1 aromatic heterocycles. The van der Waals surface area contributed by atoms with Crippen LogP contribution in [0.1, 0.15) is 35.3 Å². The summed E-state index contributed by atoms with van der Waals surface area (Å²) in [6.45, 7) is 2.70. The van der Waals surface area contributed by atoms with E-state index in [-0.39, 0.29) is 5.91 Å². The van der Waals surface area contributed by atoms with E-state index >= 15 is 0 Å². The van der Waals surface area contributed by atoms with Crippen LogP contribution in [-0.4, -0.2) is 17.4 Å². The summed E-state index contributed by atoms with van der Waals surface area (Å²) >= 11 is 0. The van der Waals surface area contributed by atoms with E-state index in [1.807, 2.05) is 19.1 Å². The predicted octanol–water partition coefficient (Wildman–Crippen LogP) is 1.92. The Bertz CT molecular complexity index is 341. The molecule has 0 unspecified atom stereocenters. The molecule has 1 aliphatic rings. The van der Waals surface area contributed by atoms with Crippen molar-refractivity contribution in [2.45, 2.75) is 26.2 Å². The van der Waals surface area contributed by atoms with Crippen LogP contribution in [-0.2, 0) is 0 Å². The molecular weight excluding hydrogens is 188 g/mol. The van der Waals surface area contributed by atoms with Crippen molar-refractivity contribution < 1.29 is 4.79 Å². The van der Waals surface area contributed by atoms with Crippen molar-refractivity contribution in [1.82, 2.24) is 10.3 Å². The second kappa shape index (κ2) is 4.43. The minimum absolute atomic E-state index is 0.0110. The van der Waals surface area contributed by atoms with Gasteiger partial charge in [0, 0.05) is 18.4 Å². The van der Waals surface area contributed by atoms with E-state index in [9.17, 15) is 4.79 Å². The molecule has 1 saturated carbocycles. The van der Waals surface area contributed by atoms with Gasteiger partial charge in [0.2, 0.25) is 0 Å². The largest absolute Gasteiger partial charge is 0.352 e. The molecule has 15 heavy (non-hydrogen) atoms.